The van der Waals surface area contributed by atoms with E-state index < -0.39 is 48.0 Å². The molecule has 0 aromatic heterocycles. The number of alkyl halides is 6. The van der Waals surface area contributed by atoms with Crippen molar-refractivity contribution in [2.45, 2.75) is 63.8 Å². The van der Waals surface area contributed by atoms with E-state index in [9.17, 15) is 39.9 Å². The highest BCUT2D eigenvalue weighted by molar-refractivity contribution is 5.67. The number of carboxylic acids is 1. The maximum Gasteiger partial charge on any atom is 0.416 e. The minimum absolute atomic E-state index is 0.0620. The Balaban J connectivity index is 0.000000402. The lowest BCUT2D eigenvalue weighted by Gasteiger charge is -2.39. The Hall–Kier alpha value is -2.69. The van der Waals surface area contributed by atoms with E-state index in [0.29, 0.717) is 36.9 Å². The van der Waals surface area contributed by atoms with E-state index in [1.165, 1.54) is 24.3 Å². The number of nitrogens with zero attached hydrogens (tertiary/aromatic N) is 1. The first-order chi connectivity index (χ1) is 17.2. The third-order valence-electron chi connectivity index (χ3n) is 6.14. The number of benzene rings is 2. The SMILES string of the molecule is CCc1cc(F)cc(F)c1.O=C(O)CC1CCN(CCCC(F)(F)F)[C@H](c2ccc(C(F)(F)F)cc2)C1. The third kappa shape index (κ3) is 10.7. The number of hydrogen-bond acceptors (Lipinski definition) is 2. The number of piperidine rings is 1. The van der Waals surface area contributed by atoms with Gasteiger partial charge in [0.15, 0.2) is 0 Å². The molecule has 0 spiro atoms. The highest BCUT2D eigenvalue weighted by atomic mass is 19.4. The summed E-state index contributed by atoms with van der Waals surface area (Å²) in [5.41, 5.74) is 0.454. The van der Waals surface area contributed by atoms with Gasteiger partial charge in [0.2, 0.25) is 0 Å². The standard InChI is InChI=1S/C18H21F6NO2.C8H8F2/c19-17(20,21)7-1-8-25-9-6-12(11-16(26)27)10-15(25)13-2-4-14(5-3-13)18(22,23)24;1-2-6-3-7(9)5-8(10)4-6/h2-5,12,15H,1,6-11H2,(H,26,27);3-5H,2H2,1H3/t12?,15-;/m0./s1. The molecule has 37 heavy (non-hydrogen) atoms. The fourth-order valence-corrected chi connectivity index (χ4v) is 4.33. The fourth-order valence-electron chi connectivity index (χ4n) is 4.33. The van der Waals surface area contributed by atoms with Crippen molar-refractivity contribution in [1.82, 2.24) is 4.90 Å². The Bertz CT molecular complexity index is 985. The zero-order valence-electron chi connectivity index (χ0n) is 20.2. The van der Waals surface area contributed by atoms with Gasteiger partial charge in [-0.2, -0.15) is 26.3 Å². The van der Waals surface area contributed by atoms with Crippen LogP contribution in [0.1, 0.15) is 61.8 Å². The Morgan fingerprint density at radius 3 is 2.08 bits per heavy atom. The molecule has 0 amide bonds. The molecule has 1 heterocycles. The Morgan fingerprint density at radius 2 is 1.59 bits per heavy atom. The Morgan fingerprint density at radius 1 is 1.00 bits per heavy atom. The number of hydrogen-bond donors (Lipinski definition) is 1. The monoisotopic (exact) mass is 539 g/mol. The van der Waals surface area contributed by atoms with Gasteiger partial charge in [0, 0.05) is 24.9 Å². The van der Waals surface area contributed by atoms with Crippen LogP contribution in [0.5, 0.6) is 0 Å². The molecule has 0 aliphatic carbocycles. The largest absolute Gasteiger partial charge is 0.481 e. The van der Waals surface area contributed by atoms with Crippen LogP contribution in [0.25, 0.3) is 0 Å². The summed E-state index contributed by atoms with van der Waals surface area (Å²) in [5.74, 6) is -2.13. The predicted molar refractivity (Wildman–Crippen MR) is 122 cm³/mol. The van der Waals surface area contributed by atoms with Crippen molar-refractivity contribution in [2.24, 2.45) is 5.92 Å². The van der Waals surface area contributed by atoms with Crippen LogP contribution in [0.3, 0.4) is 0 Å². The van der Waals surface area contributed by atoms with Crippen LogP contribution < -0.4 is 0 Å². The van der Waals surface area contributed by atoms with E-state index in [4.69, 9.17) is 5.11 Å². The fraction of sp³-hybridized carbons (Fsp3) is 0.500. The first kappa shape index (κ1) is 30.5. The smallest absolute Gasteiger partial charge is 0.416 e. The second-order valence-electron chi connectivity index (χ2n) is 9.01. The van der Waals surface area contributed by atoms with Crippen LogP contribution in [-0.4, -0.2) is 35.2 Å². The summed E-state index contributed by atoms with van der Waals surface area (Å²) in [6, 6.07) is 7.71. The summed E-state index contributed by atoms with van der Waals surface area (Å²) in [4.78, 5) is 12.8. The normalized spacial score (nSPS) is 18.7. The number of aliphatic carboxylic acids is 1. The number of carboxylic acid groups (broad SMARTS) is 1. The van der Waals surface area contributed by atoms with Gasteiger partial charge in [-0.1, -0.05) is 19.1 Å². The van der Waals surface area contributed by atoms with Crippen LogP contribution >= 0.6 is 0 Å². The molecule has 206 valence electrons. The summed E-state index contributed by atoms with van der Waals surface area (Å²) in [6.07, 6.45) is -8.23. The molecular weight excluding hydrogens is 510 g/mol. The highest BCUT2D eigenvalue weighted by Crippen LogP contribution is 2.38. The molecule has 2 aromatic rings. The minimum atomic E-state index is -4.47. The van der Waals surface area contributed by atoms with Crippen molar-refractivity contribution in [3.05, 3.63) is 70.8 Å². The van der Waals surface area contributed by atoms with Gasteiger partial charge in [0.05, 0.1) is 5.56 Å². The molecule has 2 aromatic carbocycles. The van der Waals surface area contributed by atoms with Crippen LogP contribution in [0, 0.1) is 17.6 Å². The first-order valence-corrected chi connectivity index (χ1v) is 11.8. The molecule has 11 heteroatoms. The summed E-state index contributed by atoms with van der Waals surface area (Å²) in [5, 5.41) is 8.98. The Kier molecular flexibility index (Phi) is 10.9. The molecule has 1 aliphatic heterocycles. The molecule has 1 saturated heterocycles. The molecule has 1 aliphatic rings. The van der Waals surface area contributed by atoms with Gasteiger partial charge < -0.3 is 5.11 Å². The lowest BCUT2D eigenvalue weighted by atomic mass is 9.85. The van der Waals surface area contributed by atoms with Crippen molar-refractivity contribution >= 4 is 5.97 Å². The maximum absolute atomic E-state index is 12.7. The first-order valence-electron chi connectivity index (χ1n) is 11.8. The van der Waals surface area contributed by atoms with Gasteiger partial charge in [0.25, 0.3) is 0 Å². The molecular formula is C26H29F8NO2. The average Bonchev–Trinajstić information content (AvgIpc) is 2.78. The second-order valence-corrected chi connectivity index (χ2v) is 9.01. The summed E-state index contributed by atoms with van der Waals surface area (Å²) in [6.45, 7) is 2.43. The van der Waals surface area contributed by atoms with E-state index in [-0.39, 0.29) is 25.3 Å². The summed E-state index contributed by atoms with van der Waals surface area (Å²) in [7, 11) is 0. The lowest BCUT2D eigenvalue weighted by Crippen LogP contribution is -2.38. The summed E-state index contributed by atoms with van der Waals surface area (Å²) >= 11 is 0. The van der Waals surface area contributed by atoms with Crippen molar-refractivity contribution in [2.75, 3.05) is 13.1 Å². The van der Waals surface area contributed by atoms with Crippen LogP contribution in [0.15, 0.2) is 42.5 Å². The topological polar surface area (TPSA) is 40.5 Å². The molecule has 0 saturated carbocycles. The number of rotatable bonds is 7. The molecule has 3 rings (SSSR count). The van der Waals surface area contributed by atoms with E-state index in [0.717, 1.165) is 18.2 Å². The molecule has 1 fully saturated rings. The van der Waals surface area contributed by atoms with Gasteiger partial charge in [-0.05, 0) is 80.1 Å². The molecule has 1 N–H and O–H groups in total. The van der Waals surface area contributed by atoms with Crippen LogP contribution in [-0.2, 0) is 17.4 Å². The maximum atomic E-state index is 12.7. The van der Waals surface area contributed by atoms with Gasteiger partial charge in [-0.25, -0.2) is 8.78 Å². The van der Waals surface area contributed by atoms with Crippen molar-refractivity contribution in [3.63, 3.8) is 0 Å². The van der Waals surface area contributed by atoms with Gasteiger partial charge in [0.1, 0.15) is 11.6 Å². The zero-order valence-corrected chi connectivity index (χ0v) is 20.2. The molecule has 0 radical (unpaired) electrons. The molecule has 2 atom stereocenters. The van der Waals surface area contributed by atoms with E-state index >= 15 is 0 Å². The van der Waals surface area contributed by atoms with E-state index in [1.54, 1.807) is 0 Å². The second kappa shape index (κ2) is 13.2. The number of carbonyl (C=O) groups is 1. The predicted octanol–water partition coefficient (Wildman–Crippen LogP) is 7.80. The van der Waals surface area contributed by atoms with Crippen molar-refractivity contribution in [1.29, 1.82) is 0 Å². The third-order valence-corrected chi connectivity index (χ3v) is 6.14. The highest BCUT2D eigenvalue weighted by Gasteiger charge is 2.34. The quantitative estimate of drug-likeness (QED) is 0.365. The van der Waals surface area contributed by atoms with Crippen molar-refractivity contribution < 1.29 is 45.0 Å². The molecule has 0 bridgehead atoms. The minimum Gasteiger partial charge on any atom is -0.481 e. The van der Waals surface area contributed by atoms with Gasteiger partial charge in [-0.3, -0.25) is 9.69 Å². The molecule has 3 nitrogen and oxygen atoms in total. The number of likely N-dealkylation sites (tertiary alicyclic amines) is 1. The van der Waals surface area contributed by atoms with Crippen molar-refractivity contribution in [3.8, 4) is 0 Å². The Labute approximate surface area is 210 Å². The lowest BCUT2D eigenvalue weighted by molar-refractivity contribution is -0.140. The van der Waals surface area contributed by atoms with Gasteiger partial charge >= 0.3 is 18.3 Å². The summed E-state index contributed by atoms with van der Waals surface area (Å²) < 4.78 is 100. The van der Waals surface area contributed by atoms with Gasteiger partial charge in [-0.15, -0.1) is 0 Å². The van der Waals surface area contributed by atoms with E-state index in [1.807, 2.05) is 11.8 Å². The zero-order chi connectivity index (χ0) is 27.8. The molecule has 1 unspecified atom stereocenters. The number of aryl methyl sites for hydroxylation is 1. The van der Waals surface area contributed by atoms with Crippen LogP contribution in [0.2, 0.25) is 0 Å². The van der Waals surface area contributed by atoms with Crippen LogP contribution in [0.4, 0.5) is 35.1 Å². The average molecular weight is 540 g/mol. The number of halogens is 8. The van der Waals surface area contributed by atoms with E-state index in [2.05, 4.69) is 0 Å².